The number of carbonyl (C=O) groups excluding carboxylic acids is 1. The van der Waals surface area contributed by atoms with E-state index in [0.29, 0.717) is 29.4 Å². The lowest BCUT2D eigenvalue weighted by Crippen LogP contribution is -2.16. The molecule has 0 saturated heterocycles. The molecule has 6 heteroatoms. The fraction of sp³-hybridized carbons (Fsp3) is 0.188. The van der Waals surface area contributed by atoms with E-state index in [0.717, 1.165) is 10.2 Å². The average Bonchev–Trinajstić information content (AvgIpc) is 2.49. The Balaban J connectivity index is 1.80. The van der Waals surface area contributed by atoms with E-state index < -0.39 is 0 Å². The summed E-state index contributed by atoms with van der Waals surface area (Å²) in [7, 11) is 1.55. The minimum absolute atomic E-state index is 0.0779. The summed E-state index contributed by atoms with van der Waals surface area (Å²) in [6.07, 6.45) is 0.361. The minimum Gasteiger partial charge on any atom is -0.495 e. The van der Waals surface area contributed by atoms with Crippen molar-refractivity contribution in [3.05, 3.63) is 52.0 Å². The van der Waals surface area contributed by atoms with Crippen LogP contribution in [0.15, 0.2) is 46.9 Å². The fourth-order valence-electron chi connectivity index (χ4n) is 1.86. The molecule has 22 heavy (non-hydrogen) atoms. The number of ether oxygens (including phenoxy) is 1. The lowest BCUT2D eigenvalue weighted by molar-refractivity contribution is -0.115. The van der Waals surface area contributed by atoms with Crippen molar-refractivity contribution >= 4 is 44.8 Å². The maximum atomic E-state index is 11.9. The molecule has 0 aromatic heterocycles. The Hall–Kier alpha value is -1.72. The van der Waals surface area contributed by atoms with Gasteiger partial charge in [0.2, 0.25) is 5.91 Å². The first kappa shape index (κ1) is 16.6. The molecule has 2 aromatic carbocycles. The molecule has 1 amide bonds. The number of halogens is 2. The molecule has 0 radical (unpaired) electrons. The molecule has 0 unspecified atom stereocenters. The van der Waals surface area contributed by atoms with Crippen molar-refractivity contribution in [1.29, 1.82) is 0 Å². The number of hydrogen-bond donors (Lipinski definition) is 2. The largest absolute Gasteiger partial charge is 0.495 e. The van der Waals surface area contributed by atoms with Gasteiger partial charge in [0.15, 0.2) is 0 Å². The molecule has 2 aromatic rings. The summed E-state index contributed by atoms with van der Waals surface area (Å²) >= 11 is 9.40. The van der Waals surface area contributed by atoms with Gasteiger partial charge < -0.3 is 15.4 Å². The van der Waals surface area contributed by atoms with Crippen LogP contribution >= 0.6 is 27.5 Å². The van der Waals surface area contributed by atoms with Crippen LogP contribution in [0, 0.1) is 0 Å². The highest BCUT2D eigenvalue weighted by molar-refractivity contribution is 9.10. The summed E-state index contributed by atoms with van der Waals surface area (Å²) in [5.41, 5.74) is 1.63. The van der Waals surface area contributed by atoms with Gasteiger partial charge in [-0.1, -0.05) is 27.5 Å². The number of hydrogen-bond acceptors (Lipinski definition) is 3. The second kappa shape index (κ2) is 8.06. The quantitative estimate of drug-likeness (QED) is 0.769. The zero-order valence-electron chi connectivity index (χ0n) is 12.0. The van der Waals surface area contributed by atoms with Gasteiger partial charge in [-0.3, -0.25) is 4.79 Å². The summed E-state index contributed by atoms with van der Waals surface area (Å²) in [6, 6.07) is 12.9. The van der Waals surface area contributed by atoms with Gasteiger partial charge >= 0.3 is 0 Å². The molecule has 0 aliphatic carbocycles. The van der Waals surface area contributed by atoms with Gasteiger partial charge in [-0.05, 0) is 42.5 Å². The molecule has 116 valence electrons. The lowest BCUT2D eigenvalue weighted by atomic mass is 10.2. The van der Waals surface area contributed by atoms with E-state index in [1.54, 1.807) is 25.3 Å². The summed E-state index contributed by atoms with van der Waals surface area (Å²) in [4.78, 5) is 11.9. The molecule has 2 N–H and O–H groups in total. The Labute approximate surface area is 142 Å². The summed E-state index contributed by atoms with van der Waals surface area (Å²) < 4.78 is 6.09. The van der Waals surface area contributed by atoms with Crippen molar-refractivity contribution in [2.24, 2.45) is 0 Å². The van der Waals surface area contributed by atoms with Crippen molar-refractivity contribution in [2.75, 3.05) is 24.3 Å². The highest BCUT2D eigenvalue weighted by Gasteiger charge is 2.05. The van der Waals surface area contributed by atoms with Crippen LogP contribution in [0.4, 0.5) is 11.4 Å². The smallest absolute Gasteiger partial charge is 0.226 e. The van der Waals surface area contributed by atoms with E-state index in [9.17, 15) is 4.79 Å². The highest BCUT2D eigenvalue weighted by atomic mass is 79.9. The predicted molar refractivity (Wildman–Crippen MR) is 93.9 cm³/mol. The van der Waals surface area contributed by atoms with Crippen molar-refractivity contribution in [1.82, 2.24) is 0 Å². The third kappa shape index (κ3) is 4.93. The van der Waals surface area contributed by atoms with E-state index in [4.69, 9.17) is 16.3 Å². The second-order valence-electron chi connectivity index (χ2n) is 4.58. The Bertz CT molecular complexity index is 647. The van der Waals surface area contributed by atoms with Crippen LogP contribution in [0.2, 0.25) is 5.02 Å². The Morgan fingerprint density at radius 2 is 1.86 bits per heavy atom. The average molecular weight is 384 g/mol. The van der Waals surface area contributed by atoms with Crippen LogP contribution in [-0.2, 0) is 4.79 Å². The summed E-state index contributed by atoms with van der Waals surface area (Å²) in [6.45, 7) is 0.553. The van der Waals surface area contributed by atoms with Crippen LogP contribution in [0.3, 0.4) is 0 Å². The Morgan fingerprint density at radius 1 is 1.18 bits per heavy atom. The van der Waals surface area contributed by atoms with Crippen molar-refractivity contribution in [3.63, 3.8) is 0 Å². The van der Waals surface area contributed by atoms with E-state index in [2.05, 4.69) is 26.6 Å². The Kier molecular flexibility index (Phi) is 6.10. The number of anilines is 2. The molecule has 0 atom stereocenters. The van der Waals surface area contributed by atoms with E-state index >= 15 is 0 Å². The molecule has 2 rings (SSSR count). The zero-order chi connectivity index (χ0) is 15.9. The van der Waals surface area contributed by atoms with Gasteiger partial charge in [0.05, 0.1) is 12.1 Å². The molecule has 4 nitrogen and oxygen atoms in total. The van der Waals surface area contributed by atoms with Gasteiger partial charge in [-0.2, -0.15) is 0 Å². The monoisotopic (exact) mass is 382 g/mol. The number of nitrogens with one attached hydrogen (secondary N) is 2. The first-order chi connectivity index (χ1) is 10.6. The zero-order valence-corrected chi connectivity index (χ0v) is 14.4. The number of amides is 1. The van der Waals surface area contributed by atoms with E-state index in [1.807, 2.05) is 24.3 Å². The molecular weight excluding hydrogens is 368 g/mol. The van der Waals surface area contributed by atoms with Gasteiger partial charge in [0, 0.05) is 28.8 Å². The molecular formula is C16H16BrClN2O2. The molecule has 0 aliphatic rings. The number of benzene rings is 2. The fourth-order valence-corrected chi connectivity index (χ4v) is 2.38. The summed E-state index contributed by atoms with van der Waals surface area (Å²) in [5, 5.41) is 6.46. The maximum absolute atomic E-state index is 11.9. The first-order valence-electron chi connectivity index (χ1n) is 6.71. The van der Waals surface area contributed by atoms with Crippen molar-refractivity contribution < 1.29 is 9.53 Å². The first-order valence-corrected chi connectivity index (χ1v) is 7.88. The topological polar surface area (TPSA) is 50.4 Å². The van der Waals surface area contributed by atoms with Crippen LogP contribution < -0.4 is 15.4 Å². The molecule has 0 spiro atoms. The van der Waals surface area contributed by atoms with Gasteiger partial charge in [-0.15, -0.1) is 0 Å². The van der Waals surface area contributed by atoms with Crippen molar-refractivity contribution in [2.45, 2.75) is 6.42 Å². The van der Waals surface area contributed by atoms with E-state index in [1.165, 1.54) is 0 Å². The number of methoxy groups -OCH3 is 1. The maximum Gasteiger partial charge on any atom is 0.226 e. The molecule has 0 bridgehead atoms. The normalized spacial score (nSPS) is 10.1. The predicted octanol–water partition coefficient (Wildman–Crippen LogP) is 4.55. The third-order valence-electron chi connectivity index (χ3n) is 2.96. The minimum atomic E-state index is -0.0779. The lowest BCUT2D eigenvalue weighted by Gasteiger charge is -2.09. The van der Waals surface area contributed by atoms with E-state index in [-0.39, 0.29) is 5.91 Å². The number of carbonyl (C=O) groups is 1. The summed E-state index contributed by atoms with van der Waals surface area (Å²) in [5.74, 6) is 0.502. The van der Waals surface area contributed by atoms with Gasteiger partial charge in [0.25, 0.3) is 0 Å². The van der Waals surface area contributed by atoms with Crippen LogP contribution in [0.5, 0.6) is 5.75 Å². The van der Waals surface area contributed by atoms with Gasteiger partial charge in [-0.25, -0.2) is 0 Å². The molecule has 0 aliphatic heterocycles. The van der Waals surface area contributed by atoms with Crippen molar-refractivity contribution in [3.8, 4) is 5.75 Å². The molecule has 0 saturated carbocycles. The van der Waals surface area contributed by atoms with Crippen LogP contribution in [-0.4, -0.2) is 19.6 Å². The Morgan fingerprint density at radius 3 is 2.50 bits per heavy atom. The highest BCUT2D eigenvalue weighted by Crippen LogP contribution is 2.27. The molecule has 0 heterocycles. The van der Waals surface area contributed by atoms with Crippen LogP contribution in [0.1, 0.15) is 6.42 Å². The second-order valence-corrected chi connectivity index (χ2v) is 5.90. The number of rotatable bonds is 6. The third-order valence-corrected chi connectivity index (χ3v) is 3.78. The molecule has 0 fully saturated rings. The SMILES string of the molecule is COc1ccc(NC(=O)CCNc2ccc(Br)cc2)cc1Cl. The van der Waals surface area contributed by atoms with Crippen LogP contribution in [0.25, 0.3) is 0 Å². The van der Waals surface area contributed by atoms with Gasteiger partial charge in [0.1, 0.15) is 5.75 Å². The standard InChI is InChI=1S/C16H16BrClN2O2/c1-22-15-7-6-13(10-14(15)18)20-16(21)8-9-19-12-4-2-11(17)3-5-12/h2-7,10,19H,8-9H2,1H3,(H,20,21).